The summed E-state index contributed by atoms with van der Waals surface area (Å²) in [7, 11) is -3.54. The zero-order valence-electron chi connectivity index (χ0n) is 9.97. The fraction of sp³-hybridized carbons (Fsp3) is 0.333. The Morgan fingerprint density at radius 2 is 2.12 bits per heavy atom. The first-order valence-corrected chi connectivity index (χ1v) is 6.67. The Morgan fingerprint density at radius 1 is 1.47 bits per heavy atom. The summed E-state index contributed by atoms with van der Waals surface area (Å²) < 4.78 is 25.6. The maximum absolute atomic E-state index is 12.2. The molecule has 0 spiro atoms. The molecule has 17 heavy (non-hydrogen) atoms. The number of anilines is 1. The quantitative estimate of drug-likeness (QED) is 0.647. The maximum atomic E-state index is 12.2. The summed E-state index contributed by atoms with van der Waals surface area (Å²) in [6.45, 7) is 3.96. The van der Waals surface area contributed by atoms with Crippen LogP contribution >= 0.6 is 0 Å². The average molecular weight is 252 g/mol. The average Bonchev–Trinajstić information content (AvgIpc) is 2.29. The number of hydrogen-bond acceptors (Lipinski definition) is 3. The molecule has 1 aromatic carbocycles. The first kappa shape index (κ1) is 13.6. The largest absolute Gasteiger partial charge is 0.398 e. The van der Waals surface area contributed by atoms with Crippen molar-refractivity contribution in [3.05, 3.63) is 23.8 Å². The van der Waals surface area contributed by atoms with Crippen LogP contribution in [0.15, 0.2) is 23.1 Å². The fourth-order valence-corrected chi connectivity index (χ4v) is 2.80. The number of rotatable bonds is 4. The lowest BCUT2D eigenvalue weighted by Crippen LogP contribution is -2.31. The molecule has 4 nitrogen and oxygen atoms in total. The van der Waals surface area contributed by atoms with E-state index in [0.29, 0.717) is 12.2 Å². The number of terminal acetylenes is 1. The number of aryl methyl sites for hydroxylation is 1. The maximum Gasteiger partial charge on any atom is 0.244 e. The van der Waals surface area contributed by atoms with Gasteiger partial charge in [-0.1, -0.05) is 18.9 Å². The molecule has 0 atom stereocenters. The van der Waals surface area contributed by atoms with E-state index in [4.69, 9.17) is 12.2 Å². The van der Waals surface area contributed by atoms with E-state index >= 15 is 0 Å². The molecule has 0 unspecified atom stereocenters. The smallest absolute Gasteiger partial charge is 0.244 e. The number of nitrogen functional groups attached to an aromatic ring is 1. The molecular formula is C12H16N2O2S. The van der Waals surface area contributed by atoms with Crippen molar-refractivity contribution in [2.24, 2.45) is 0 Å². The van der Waals surface area contributed by atoms with Crippen LogP contribution in [-0.4, -0.2) is 25.8 Å². The van der Waals surface area contributed by atoms with Crippen LogP contribution in [0, 0.1) is 19.3 Å². The molecule has 2 N–H and O–H groups in total. The van der Waals surface area contributed by atoms with Crippen LogP contribution in [0.4, 0.5) is 5.69 Å². The molecular weight excluding hydrogens is 236 g/mol. The topological polar surface area (TPSA) is 63.4 Å². The molecule has 0 aliphatic rings. The summed E-state index contributed by atoms with van der Waals surface area (Å²) in [6.07, 6.45) is 5.15. The van der Waals surface area contributed by atoms with E-state index < -0.39 is 10.0 Å². The van der Waals surface area contributed by atoms with Gasteiger partial charge in [-0.3, -0.25) is 0 Å². The third-order valence-corrected chi connectivity index (χ3v) is 4.43. The summed E-state index contributed by atoms with van der Waals surface area (Å²) in [6, 6.07) is 4.69. The summed E-state index contributed by atoms with van der Waals surface area (Å²) in [5.74, 6) is 2.34. The van der Waals surface area contributed by atoms with E-state index in [1.54, 1.807) is 19.1 Å². The van der Waals surface area contributed by atoms with E-state index in [0.717, 1.165) is 5.56 Å². The second-order valence-corrected chi connectivity index (χ2v) is 5.59. The van der Waals surface area contributed by atoms with Crippen molar-refractivity contribution in [1.82, 2.24) is 4.31 Å². The van der Waals surface area contributed by atoms with Gasteiger partial charge in [-0.15, -0.1) is 6.42 Å². The predicted octanol–water partition coefficient (Wildman–Crippen LogP) is 1.22. The number of nitrogens with zero attached hydrogens (tertiary/aromatic N) is 1. The molecule has 0 amide bonds. The number of sulfonamides is 1. The highest BCUT2D eigenvalue weighted by atomic mass is 32.2. The Kier molecular flexibility index (Phi) is 4.16. The minimum Gasteiger partial charge on any atom is -0.398 e. The molecule has 0 aliphatic heterocycles. The number of nitrogens with two attached hydrogens (primary N) is 1. The molecule has 0 radical (unpaired) electrons. The lowest BCUT2D eigenvalue weighted by molar-refractivity contribution is 0.464. The van der Waals surface area contributed by atoms with Gasteiger partial charge in [0.2, 0.25) is 10.0 Å². The molecule has 0 heterocycles. The normalized spacial score (nSPS) is 11.4. The van der Waals surface area contributed by atoms with Crippen molar-refractivity contribution in [3.63, 3.8) is 0 Å². The lowest BCUT2D eigenvalue weighted by Gasteiger charge is -2.18. The van der Waals surface area contributed by atoms with Crippen molar-refractivity contribution in [2.75, 3.05) is 18.8 Å². The van der Waals surface area contributed by atoms with Gasteiger partial charge in [0.25, 0.3) is 0 Å². The van der Waals surface area contributed by atoms with Crippen LogP contribution in [0.3, 0.4) is 0 Å². The molecule has 0 saturated heterocycles. The van der Waals surface area contributed by atoms with E-state index in [-0.39, 0.29) is 11.4 Å². The second-order valence-electron chi connectivity index (χ2n) is 3.65. The van der Waals surface area contributed by atoms with Gasteiger partial charge in [-0.05, 0) is 24.6 Å². The molecule has 0 fully saturated rings. The third kappa shape index (κ3) is 2.78. The SMILES string of the molecule is C#CCN(CC)S(=O)(=O)c1ccc(C)c(N)c1. The standard InChI is InChI=1S/C12H16N2O2S/c1-4-8-14(5-2)17(15,16)11-7-6-10(3)12(13)9-11/h1,6-7,9H,5,8,13H2,2-3H3. The van der Waals surface area contributed by atoms with Gasteiger partial charge in [0.05, 0.1) is 11.4 Å². The van der Waals surface area contributed by atoms with Crippen LogP contribution in [0.1, 0.15) is 12.5 Å². The number of benzene rings is 1. The molecule has 92 valence electrons. The third-order valence-electron chi connectivity index (χ3n) is 2.51. The summed E-state index contributed by atoms with van der Waals surface area (Å²) in [4.78, 5) is 0.178. The van der Waals surface area contributed by atoms with Crippen molar-refractivity contribution in [3.8, 4) is 12.3 Å². The van der Waals surface area contributed by atoms with Gasteiger partial charge in [0.1, 0.15) is 0 Å². The first-order valence-electron chi connectivity index (χ1n) is 5.23. The Balaban J connectivity index is 3.21. The predicted molar refractivity (Wildman–Crippen MR) is 68.9 cm³/mol. The molecule has 0 bridgehead atoms. The van der Waals surface area contributed by atoms with E-state index in [9.17, 15) is 8.42 Å². The zero-order chi connectivity index (χ0) is 13.1. The number of hydrogen-bond donors (Lipinski definition) is 1. The Labute approximate surface area is 102 Å². The molecule has 0 saturated carbocycles. The fourth-order valence-electron chi connectivity index (χ4n) is 1.40. The van der Waals surface area contributed by atoms with Gasteiger partial charge < -0.3 is 5.73 Å². The summed E-state index contributed by atoms with van der Waals surface area (Å²) >= 11 is 0. The zero-order valence-corrected chi connectivity index (χ0v) is 10.8. The second kappa shape index (κ2) is 5.21. The Morgan fingerprint density at radius 3 is 2.59 bits per heavy atom. The first-order chi connectivity index (χ1) is 7.93. The van der Waals surface area contributed by atoms with Crippen LogP contribution in [0.5, 0.6) is 0 Å². The summed E-state index contributed by atoms with van der Waals surface area (Å²) in [5.41, 5.74) is 7.02. The van der Waals surface area contributed by atoms with Gasteiger partial charge in [0.15, 0.2) is 0 Å². The Hall–Kier alpha value is -1.51. The minimum atomic E-state index is -3.54. The van der Waals surface area contributed by atoms with Crippen LogP contribution in [-0.2, 0) is 10.0 Å². The highest BCUT2D eigenvalue weighted by Crippen LogP contribution is 2.20. The van der Waals surface area contributed by atoms with Crippen molar-refractivity contribution >= 4 is 15.7 Å². The highest BCUT2D eigenvalue weighted by Gasteiger charge is 2.22. The summed E-state index contributed by atoms with van der Waals surface area (Å²) in [5, 5.41) is 0. The van der Waals surface area contributed by atoms with E-state index in [1.807, 2.05) is 6.92 Å². The molecule has 1 aromatic rings. The van der Waals surface area contributed by atoms with Crippen LogP contribution < -0.4 is 5.73 Å². The minimum absolute atomic E-state index is 0.0621. The van der Waals surface area contributed by atoms with Crippen LogP contribution in [0.25, 0.3) is 0 Å². The van der Waals surface area contributed by atoms with Crippen molar-refractivity contribution in [1.29, 1.82) is 0 Å². The van der Waals surface area contributed by atoms with Crippen molar-refractivity contribution in [2.45, 2.75) is 18.7 Å². The van der Waals surface area contributed by atoms with Crippen molar-refractivity contribution < 1.29 is 8.42 Å². The molecule has 0 aliphatic carbocycles. The van der Waals surface area contributed by atoms with E-state index in [2.05, 4.69) is 5.92 Å². The molecule has 5 heteroatoms. The Bertz CT molecular complexity index is 544. The lowest BCUT2D eigenvalue weighted by atomic mass is 10.2. The van der Waals surface area contributed by atoms with Gasteiger partial charge in [-0.25, -0.2) is 8.42 Å². The van der Waals surface area contributed by atoms with E-state index in [1.165, 1.54) is 10.4 Å². The highest BCUT2D eigenvalue weighted by molar-refractivity contribution is 7.89. The van der Waals surface area contributed by atoms with Gasteiger partial charge in [0, 0.05) is 12.2 Å². The van der Waals surface area contributed by atoms with Crippen LogP contribution in [0.2, 0.25) is 0 Å². The molecule has 1 rings (SSSR count). The van der Waals surface area contributed by atoms with Gasteiger partial charge in [-0.2, -0.15) is 4.31 Å². The van der Waals surface area contributed by atoms with Gasteiger partial charge >= 0.3 is 0 Å². The molecule has 0 aromatic heterocycles. The monoisotopic (exact) mass is 252 g/mol.